The number of hydrogen-bond acceptors (Lipinski definition) is 4. The molecule has 0 bridgehead atoms. The maximum Gasteiger partial charge on any atom is 0.240 e. The molecule has 1 unspecified atom stereocenters. The van der Waals surface area contributed by atoms with Gasteiger partial charge in [-0.3, -0.25) is 4.79 Å². The molecule has 1 atom stereocenters. The summed E-state index contributed by atoms with van der Waals surface area (Å²) in [6.45, 7) is 2.07. The Morgan fingerprint density at radius 3 is 2.92 bits per heavy atom. The molecule has 4 rings (SSSR count). The van der Waals surface area contributed by atoms with E-state index < -0.39 is 0 Å². The highest BCUT2D eigenvalue weighted by atomic mass is 16.2. The summed E-state index contributed by atoms with van der Waals surface area (Å²) in [6.07, 6.45) is 5.59. The van der Waals surface area contributed by atoms with Gasteiger partial charge in [-0.1, -0.05) is 18.2 Å². The third kappa shape index (κ3) is 3.47. The summed E-state index contributed by atoms with van der Waals surface area (Å²) in [5.74, 6) is 0.998. The first-order chi connectivity index (χ1) is 12.3. The molecule has 1 saturated heterocycles. The van der Waals surface area contributed by atoms with Gasteiger partial charge in [0.2, 0.25) is 5.91 Å². The Balaban J connectivity index is 1.39. The molecular formula is C19H21N5O. The SMILES string of the molecule is O=C(Cn1cnc2ccccc21)NC1CCCN(c2ccccn2)C1. The van der Waals surface area contributed by atoms with Gasteiger partial charge in [0.1, 0.15) is 12.4 Å². The molecule has 1 aliphatic heterocycles. The molecule has 3 aromatic rings. The fraction of sp³-hybridized carbons (Fsp3) is 0.316. The minimum Gasteiger partial charge on any atom is -0.355 e. The van der Waals surface area contributed by atoms with E-state index in [1.807, 2.05) is 53.2 Å². The molecule has 1 aromatic carbocycles. The predicted molar refractivity (Wildman–Crippen MR) is 97.3 cm³/mol. The lowest BCUT2D eigenvalue weighted by Crippen LogP contribution is -2.48. The fourth-order valence-corrected chi connectivity index (χ4v) is 3.41. The predicted octanol–water partition coefficient (Wildman–Crippen LogP) is 2.22. The number of fused-ring (bicyclic) bond motifs is 1. The largest absolute Gasteiger partial charge is 0.355 e. The zero-order valence-electron chi connectivity index (χ0n) is 14.0. The smallest absolute Gasteiger partial charge is 0.240 e. The van der Waals surface area contributed by atoms with E-state index in [1.54, 1.807) is 6.33 Å². The molecule has 1 aliphatic rings. The number of hydrogen-bond donors (Lipinski definition) is 1. The Bertz CT molecular complexity index is 860. The molecule has 128 valence electrons. The van der Waals surface area contributed by atoms with E-state index in [0.29, 0.717) is 6.54 Å². The first-order valence-corrected chi connectivity index (χ1v) is 8.65. The zero-order chi connectivity index (χ0) is 17.1. The summed E-state index contributed by atoms with van der Waals surface area (Å²) in [5.41, 5.74) is 1.89. The molecule has 6 heteroatoms. The highest BCUT2D eigenvalue weighted by molar-refractivity contribution is 5.80. The lowest BCUT2D eigenvalue weighted by atomic mass is 10.1. The van der Waals surface area contributed by atoms with E-state index in [4.69, 9.17) is 0 Å². The van der Waals surface area contributed by atoms with Gasteiger partial charge in [0, 0.05) is 25.3 Å². The van der Waals surface area contributed by atoms with Gasteiger partial charge in [-0.05, 0) is 37.1 Å². The van der Waals surface area contributed by atoms with E-state index in [0.717, 1.165) is 42.8 Å². The van der Waals surface area contributed by atoms with E-state index in [2.05, 4.69) is 20.2 Å². The number of nitrogens with zero attached hydrogens (tertiary/aromatic N) is 4. The first-order valence-electron chi connectivity index (χ1n) is 8.65. The molecule has 0 saturated carbocycles. The van der Waals surface area contributed by atoms with Gasteiger partial charge >= 0.3 is 0 Å². The van der Waals surface area contributed by atoms with E-state index >= 15 is 0 Å². The van der Waals surface area contributed by atoms with Crippen LogP contribution in [0, 0.1) is 0 Å². The minimum atomic E-state index is 0.0241. The summed E-state index contributed by atoms with van der Waals surface area (Å²) in [6, 6.07) is 13.9. The van der Waals surface area contributed by atoms with Crippen LogP contribution in [0.1, 0.15) is 12.8 Å². The van der Waals surface area contributed by atoms with Crippen molar-refractivity contribution in [2.24, 2.45) is 0 Å². The van der Waals surface area contributed by atoms with Crippen LogP contribution < -0.4 is 10.2 Å². The van der Waals surface area contributed by atoms with Crippen molar-refractivity contribution in [2.45, 2.75) is 25.4 Å². The van der Waals surface area contributed by atoms with Crippen LogP contribution in [0.2, 0.25) is 0 Å². The number of amides is 1. The second-order valence-electron chi connectivity index (χ2n) is 6.40. The van der Waals surface area contributed by atoms with Crippen LogP contribution in [-0.2, 0) is 11.3 Å². The van der Waals surface area contributed by atoms with Crippen LogP contribution in [0.4, 0.5) is 5.82 Å². The van der Waals surface area contributed by atoms with Crippen LogP contribution in [0.3, 0.4) is 0 Å². The number of carbonyl (C=O) groups excluding carboxylic acids is 1. The number of nitrogens with one attached hydrogen (secondary N) is 1. The number of pyridine rings is 1. The summed E-state index contributed by atoms with van der Waals surface area (Å²) >= 11 is 0. The zero-order valence-corrected chi connectivity index (χ0v) is 14.0. The average Bonchev–Trinajstić information content (AvgIpc) is 3.06. The molecular weight excluding hydrogens is 314 g/mol. The highest BCUT2D eigenvalue weighted by Gasteiger charge is 2.22. The Hall–Kier alpha value is -2.89. The monoisotopic (exact) mass is 335 g/mol. The molecule has 2 aromatic heterocycles. The number of piperidine rings is 1. The molecule has 3 heterocycles. The van der Waals surface area contributed by atoms with E-state index in [1.165, 1.54) is 0 Å². The molecule has 1 fully saturated rings. The number of imidazole rings is 1. The van der Waals surface area contributed by atoms with Crippen molar-refractivity contribution >= 4 is 22.8 Å². The van der Waals surface area contributed by atoms with Crippen molar-refractivity contribution in [2.75, 3.05) is 18.0 Å². The van der Waals surface area contributed by atoms with Crippen LogP contribution >= 0.6 is 0 Å². The summed E-state index contributed by atoms with van der Waals surface area (Å²) < 4.78 is 1.89. The Morgan fingerprint density at radius 1 is 1.16 bits per heavy atom. The molecule has 0 spiro atoms. The summed E-state index contributed by atoms with van der Waals surface area (Å²) in [4.78, 5) is 23.5. The molecule has 25 heavy (non-hydrogen) atoms. The second-order valence-corrected chi connectivity index (χ2v) is 6.40. The van der Waals surface area contributed by atoms with Crippen molar-refractivity contribution in [1.82, 2.24) is 19.9 Å². The maximum absolute atomic E-state index is 12.5. The molecule has 0 radical (unpaired) electrons. The number of benzene rings is 1. The van der Waals surface area contributed by atoms with Gasteiger partial charge in [0.15, 0.2) is 0 Å². The van der Waals surface area contributed by atoms with Gasteiger partial charge in [-0.2, -0.15) is 0 Å². The summed E-state index contributed by atoms with van der Waals surface area (Å²) in [7, 11) is 0. The minimum absolute atomic E-state index is 0.0241. The standard InChI is InChI=1S/C19H21N5O/c25-19(13-24-14-21-16-7-1-2-8-17(16)24)22-15-6-5-11-23(12-15)18-9-3-4-10-20-18/h1-4,7-10,14-15H,5-6,11-13H2,(H,22,25). The van der Waals surface area contributed by atoms with E-state index in [9.17, 15) is 4.79 Å². The van der Waals surface area contributed by atoms with Crippen LogP contribution in [0.15, 0.2) is 55.0 Å². The Kier molecular flexibility index (Phi) is 4.33. The van der Waals surface area contributed by atoms with Crippen LogP contribution in [-0.4, -0.2) is 39.6 Å². The number of carbonyl (C=O) groups is 1. The quantitative estimate of drug-likeness (QED) is 0.794. The third-order valence-corrected chi connectivity index (χ3v) is 4.60. The van der Waals surface area contributed by atoms with Crippen molar-refractivity contribution < 1.29 is 4.79 Å². The molecule has 0 aliphatic carbocycles. The summed E-state index contributed by atoms with van der Waals surface area (Å²) in [5, 5.41) is 3.16. The Labute approximate surface area is 146 Å². The van der Waals surface area contributed by atoms with Crippen molar-refractivity contribution in [3.8, 4) is 0 Å². The van der Waals surface area contributed by atoms with Gasteiger partial charge in [-0.25, -0.2) is 9.97 Å². The van der Waals surface area contributed by atoms with Crippen LogP contribution in [0.5, 0.6) is 0 Å². The highest BCUT2D eigenvalue weighted by Crippen LogP contribution is 2.17. The van der Waals surface area contributed by atoms with Gasteiger partial charge in [0.25, 0.3) is 0 Å². The van der Waals surface area contributed by atoms with Gasteiger partial charge in [0.05, 0.1) is 17.4 Å². The molecule has 6 nitrogen and oxygen atoms in total. The second kappa shape index (κ2) is 6.93. The number of rotatable bonds is 4. The topological polar surface area (TPSA) is 63.1 Å². The molecule has 1 amide bonds. The molecule has 1 N–H and O–H groups in total. The Morgan fingerprint density at radius 2 is 2.04 bits per heavy atom. The normalized spacial score (nSPS) is 17.6. The average molecular weight is 335 g/mol. The third-order valence-electron chi connectivity index (χ3n) is 4.60. The van der Waals surface area contributed by atoms with Crippen molar-refractivity contribution in [3.63, 3.8) is 0 Å². The van der Waals surface area contributed by atoms with Crippen molar-refractivity contribution in [1.29, 1.82) is 0 Å². The maximum atomic E-state index is 12.5. The van der Waals surface area contributed by atoms with Gasteiger partial charge < -0.3 is 14.8 Å². The lowest BCUT2D eigenvalue weighted by molar-refractivity contribution is -0.122. The number of para-hydroxylation sites is 2. The number of anilines is 1. The first kappa shape index (κ1) is 15.6. The van der Waals surface area contributed by atoms with E-state index in [-0.39, 0.29) is 11.9 Å². The van der Waals surface area contributed by atoms with Crippen molar-refractivity contribution in [3.05, 3.63) is 55.0 Å². The lowest BCUT2D eigenvalue weighted by Gasteiger charge is -2.34. The fourth-order valence-electron chi connectivity index (χ4n) is 3.41. The number of aromatic nitrogens is 3. The van der Waals surface area contributed by atoms with Crippen LogP contribution in [0.25, 0.3) is 11.0 Å². The van der Waals surface area contributed by atoms with Gasteiger partial charge in [-0.15, -0.1) is 0 Å².